The highest BCUT2D eigenvalue weighted by molar-refractivity contribution is 7.89. The third-order valence-electron chi connectivity index (χ3n) is 5.69. The number of hydrogen-bond donors (Lipinski definition) is 0. The number of carbonyl (C=O) groups is 1. The van der Waals surface area contributed by atoms with E-state index in [-0.39, 0.29) is 16.8 Å². The first-order chi connectivity index (χ1) is 13.9. The third-order valence-corrected chi connectivity index (χ3v) is 8.71. The fourth-order valence-electron chi connectivity index (χ4n) is 4.18. The molecule has 2 aliphatic heterocycles. The van der Waals surface area contributed by atoms with Gasteiger partial charge in [-0.05, 0) is 48.9 Å². The standard InChI is InChI=1S/C21H26N2O4S2/c1-15-9-13-28-21(15)19-6-4-3-5-10-23(19)29(25,26)17-7-8-18-20(14-17)27-12-11-22(18)16(2)24/h7-9,13-14,19H,3-6,10-12H2,1-2H3/t19-/m0/s1. The molecule has 2 aromatic rings. The molecule has 0 unspecified atom stereocenters. The monoisotopic (exact) mass is 434 g/mol. The van der Waals surface area contributed by atoms with Crippen LogP contribution in [0.5, 0.6) is 5.75 Å². The van der Waals surface area contributed by atoms with E-state index in [0.29, 0.717) is 31.1 Å². The van der Waals surface area contributed by atoms with E-state index in [4.69, 9.17) is 4.74 Å². The van der Waals surface area contributed by atoms with Crippen LogP contribution in [-0.2, 0) is 14.8 Å². The molecular formula is C21H26N2O4S2. The van der Waals surface area contributed by atoms with Crippen LogP contribution in [0.15, 0.2) is 34.5 Å². The Morgan fingerprint density at radius 1 is 1.17 bits per heavy atom. The number of sulfonamides is 1. The van der Waals surface area contributed by atoms with Gasteiger partial charge in [-0.25, -0.2) is 8.42 Å². The fourth-order valence-corrected chi connectivity index (χ4v) is 7.00. The van der Waals surface area contributed by atoms with Crippen molar-refractivity contribution in [3.05, 3.63) is 40.1 Å². The van der Waals surface area contributed by atoms with E-state index in [1.54, 1.807) is 38.7 Å². The topological polar surface area (TPSA) is 66.9 Å². The maximum absolute atomic E-state index is 13.7. The molecule has 1 amide bonds. The van der Waals surface area contributed by atoms with Gasteiger partial charge in [0.15, 0.2) is 0 Å². The zero-order valence-corrected chi connectivity index (χ0v) is 18.4. The normalized spacial score (nSPS) is 20.6. The van der Waals surface area contributed by atoms with Gasteiger partial charge in [0.25, 0.3) is 0 Å². The molecule has 0 N–H and O–H groups in total. The number of thiophene rings is 1. The van der Waals surface area contributed by atoms with Crippen molar-refractivity contribution in [2.75, 3.05) is 24.6 Å². The van der Waals surface area contributed by atoms with E-state index in [9.17, 15) is 13.2 Å². The number of ether oxygens (including phenoxy) is 1. The van der Waals surface area contributed by atoms with Crippen LogP contribution in [0.2, 0.25) is 0 Å². The van der Waals surface area contributed by atoms with E-state index in [1.807, 2.05) is 12.3 Å². The first-order valence-corrected chi connectivity index (χ1v) is 12.3. The number of nitrogens with zero attached hydrogens (tertiary/aromatic N) is 2. The summed E-state index contributed by atoms with van der Waals surface area (Å²) in [5, 5.41) is 2.03. The van der Waals surface area contributed by atoms with Crippen LogP contribution in [-0.4, -0.2) is 38.3 Å². The Labute approximate surface area is 176 Å². The molecule has 0 aliphatic carbocycles. The average molecular weight is 435 g/mol. The second kappa shape index (κ2) is 8.08. The Kier molecular flexibility index (Phi) is 5.68. The molecule has 3 heterocycles. The van der Waals surface area contributed by atoms with Crippen LogP contribution >= 0.6 is 11.3 Å². The summed E-state index contributed by atoms with van der Waals surface area (Å²) in [5.74, 6) is 0.372. The second-order valence-corrected chi connectivity index (χ2v) is 10.4. The Hall–Kier alpha value is -1.90. The molecule has 1 aromatic heterocycles. The fraction of sp³-hybridized carbons (Fsp3) is 0.476. The van der Waals surface area contributed by atoms with Crippen molar-refractivity contribution in [3.8, 4) is 5.75 Å². The predicted molar refractivity (Wildman–Crippen MR) is 114 cm³/mol. The molecule has 8 heteroatoms. The third kappa shape index (κ3) is 3.81. The summed E-state index contributed by atoms with van der Waals surface area (Å²) in [4.78, 5) is 14.9. The van der Waals surface area contributed by atoms with Crippen molar-refractivity contribution in [1.29, 1.82) is 0 Å². The summed E-state index contributed by atoms with van der Waals surface area (Å²) in [7, 11) is -3.69. The van der Waals surface area contributed by atoms with Gasteiger partial charge in [-0.2, -0.15) is 4.31 Å². The zero-order valence-electron chi connectivity index (χ0n) is 16.8. The lowest BCUT2D eigenvalue weighted by atomic mass is 10.1. The molecule has 1 fully saturated rings. The van der Waals surface area contributed by atoms with Crippen molar-refractivity contribution in [2.24, 2.45) is 0 Å². The van der Waals surface area contributed by atoms with Gasteiger partial charge in [0, 0.05) is 24.4 Å². The van der Waals surface area contributed by atoms with Gasteiger partial charge < -0.3 is 9.64 Å². The van der Waals surface area contributed by atoms with Crippen LogP contribution < -0.4 is 9.64 Å². The number of hydrogen-bond acceptors (Lipinski definition) is 5. The highest BCUT2D eigenvalue weighted by Crippen LogP contribution is 2.40. The average Bonchev–Trinajstić information content (AvgIpc) is 2.98. The Morgan fingerprint density at radius 2 is 2.00 bits per heavy atom. The lowest BCUT2D eigenvalue weighted by Crippen LogP contribution is -2.37. The quantitative estimate of drug-likeness (QED) is 0.729. The van der Waals surface area contributed by atoms with Crippen molar-refractivity contribution in [1.82, 2.24) is 4.31 Å². The molecule has 2 aliphatic rings. The maximum Gasteiger partial charge on any atom is 0.243 e. The molecule has 4 rings (SSSR count). The minimum Gasteiger partial charge on any atom is -0.489 e. The highest BCUT2D eigenvalue weighted by atomic mass is 32.2. The number of fused-ring (bicyclic) bond motifs is 1. The maximum atomic E-state index is 13.7. The van der Waals surface area contributed by atoms with Crippen LogP contribution in [0, 0.1) is 6.92 Å². The highest BCUT2D eigenvalue weighted by Gasteiger charge is 2.35. The summed E-state index contributed by atoms with van der Waals surface area (Å²) >= 11 is 1.63. The summed E-state index contributed by atoms with van der Waals surface area (Å²) in [6.07, 6.45) is 3.75. The van der Waals surface area contributed by atoms with Gasteiger partial charge in [0.2, 0.25) is 15.9 Å². The Balaban J connectivity index is 1.73. The van der Waals surface area contributed by atoms with Crippen LogP contribution in [0.1, 0.15) is 49.1 Å². The molecule has 1 saturated heterocycles. The molecule has 0 bridgehead atoms. The number of amides is 1. The van der Waals surface area contributed by atoms with Gasteiger partial charge in [-0.1, -0.05) is 12.8 Å². The number of carbonyl (C=O) groups excluding carboxylic acids is 1. The van der Waals surface area contributed by atoms with Crippen molar-refractivity contribution >= 4 is 33.0 Å². The minimum atomic E-state index is -3.69. The molecule has 29 heavy (non-hydrogen) atoms. The van der Waals surface area contributed by atoms with Gasteiger partial charge in [-0.3, -0.25) is 4.79 Å². The lowest BCUT2D eigenvalue weighted by Gasteiger charge is -2.31. The lowest BCUT2D eigenvalue weighted by molar-refractivity contribution is -0.116. The number of rotatable bonds is 3. The molecule has 0 saturated carbocycles. The smallest absolute Gasteiger partial charge is 0.243 e. The van der Waals surface area contributed by atoms with Crippen molar-refractivity contribution in [2.45, 2.75) is 50.5 Å². The summed E-state index contributed by atoms with van der Waals surface area (Å²) in [6, 6.07) is 6.78. The molecule has 1 atom stereocenters. The van der Waals surface area contributed by atoms with Crippen LogP contribution in [0.4, 0.5) is 5.69 Å². The van der Waals surface area contributed by atoms with Gasteiger partial charge in [-0.15, -0.1) is 11.3 Å². The molecule has 156 valence electrons. The molecule has 1 aromatic carbocycles. The minimum absolute atomic E-state index is 0.0779. The molecular weight excluding hydrogens is 408 g/mol. The predicted octanol–water partition coefficient (Wildman–Crippen LogP) is 4.11. The largest absolute Gasteiger partial charge is 0.489 e. The van der Waals surface area contributed by atoms with E-state index in [1.165, 1.54) is 6.92 Å². The second-order valence-electron chi connectivity index (χ2n) is 7.60. The first kappa shape index (κ1) is 20.4. The zero-order chi connectivity index (χ0) is 20.6. The van der Waals surface area contributed by atoms with Crippen molar-refractivity contribution in [3.63, 3.8) is 0 Å². The number of aryl methyl sites for hydroxylation is 1. The Morgan fingerprint density at radius 3 is 2.72 bits per heavy atom. The number of anilines is 1. The van der Waals surface area contributed by atoms with E-state index < -0.39 is 10.0 Å². The Bertz CT molecular complexity index is 1020. The van der Waals surface area contributed by atoms with Crippen LogP contribution in [0.25, 0.3) is 0 Å². The van der Waals surface area contributed by atoms with E-state index in [2.05, 4.69) is 6.07 Å². The van der Waals surface area contributed by atoms with E-state index in [0.717, 1.165) is 36.1 Å². The first-order valence-electron chi connectivity index (χ1n) is 10.0. The summed E-state index contributed by atoms with van der Waals surface area (Å²) < 4.78 is 34.7. The number of benzene rings is 1. The van der Waals surface area contributed by atoms with Gasteiger partial charge in [0.05, 0.1) is 23.2 Å². The van der Waals surface area contributed by atoms with Gasteiger partial charge in [0.1, 0.15) is 12.4 Å². The van der Waals surface area contributed by atoms with Gasteiger partial charge >= 0.3 is 0 Å². The summed E-state index contributed by atoms with van der Waals surface area (Å²) in [6.45, 7) is 4.90. The molecule has 0 spiro atoms. The van der Waals surface area contributed by atoms with Crippen LogP contribution in [0.3, 0.4) is 0 Å². The summed E-state index contributed by atoms with van der Waals surface area (Å²) in [5.41, 5.74) is 1.78. The van der Waals surface area contributed by atoms with E-state index >= 15 is 0 Å². The molecule has 0 radical (unpaired) electrons. The SMILES string of the molecule is CC(=O)N1CCOc2cc(S(=O)(=O)N3CCCCC[C@H]3c3sccc3C)ccc21. The molecule has 6 nitrogen and oxygen atoms in total. The van der Waals surface area contributed by atoms with Crippen molar-refractivity contribution < 1.29 is 17.9 Å².